The van der Waals surface area contributed by atoms with E-state index < -0.39 is 0 Å². The summed E-state index contributed by atoms with van der Waals surface area (Å²) < 4.78 is 0. The van der Waals surface area contributed by atoms with Gasteiger partial charge in [-0.15, -0.1) is 0 Å². The number of benzene rings is 2. The molecule has 3 nitrogen and oxygen atoms in total. The standard InChI is InChI=1S/C22H28ClN3/c23-20-10-8-19(9-11-20)18-26-17-16-25(21-6-2-3-7-22(21)26)15-14-24-12-4-1-5-13-24/h2-3,6-11H,1,4-5,12-18H2. The molecule has 4 heteroatoms. The van der Waals surface area contributed by atoms with Gasteiger partial charge in [0.15, 0.2) is 0 Å². The minimum Gasteiger partial charge on any atom is -0.367 e. The first-order chi connectivity index (χ1) is 12.8. The number of rotatable bonds is 5. The number of nitrogens with zero attached hydrogens (tertiary/aromatic N) is 3. The largest absolute Gasteiger partial charge is 0.367 e. The molecule has 138 valence electrons. The molecule has 0 unspecified atom stereocenters. The van der Waals surface area contributed by atoms with E-state index in [2.05, 4.69) is 51.1 Å². The van der Waals surface area contributed by atoms with Crippen molar-refractivity contribution >= 4 is 23.0 Å². The highest BCUT2D eigenvalue weighted by molar-refractivity contribution is 6.30. The molecule has 2 aliphatic heterocycles. The second-order valence-electron chi connectivity index (χ2n) is 7.43. The number of hydrogen-bond acceptors (Lipinski definition) is 3. The summed E-state index contributed by atoms with van der Waals surface area (Å²) in [5.74, 6) is 0. The molecule has 1 saturated heterocycles. The third-order valence-electron chi connectivity index (χ3n) is 5.62. The Morgan fingerprint density at radius 2 is 1.35 bits per heavy atom. The van der Waals surface area contributed by atoms with Crippen LogP contribution in [0, 0.1) is 0 Å². The Hall–Kier alpha value is -1.71. The van der Waals surface area contributed by atoms with E-state index in [1.807, 2.05) is 12.1 Å². The van der Waals surface area contributed by atoms with Crippen molar-refractivity contribution in [3.63, 3.8) is 0 Å². The average molecular weight is 370 g/mol. The summed E-state index contributed by atoms with van der Waals surface area (Å²) in [4.78, 5) is 7.70. The van der Waals surface area contributed by atoms with Crippen LogP contribution in [0.1, 0.15) is 24.8 Å². The molecule has 1 fully saturated rings. The fraction of sp³-hybridized carbons (Fsp3) is 0.455. The molecule has 0 aromatic heterocycles. The quantitative estimate of drug-likeness (QED) is 0.759. The van der Waals surface area contributed by atoms with Crippen LogP contribution in [0.25, 0.3) is 0 Å². The van der Waals surface area contributed by atoms with Crippen LogP contribution in [-0.4, -0.2) is 44.2 Å². The zero-order valence-corrected chi connectivity index (χ0v) is 16.2. The van der Waals surface area contributed by atoms with Crippen LogP contribution in [0.4, 0.5) is 11.4 Å². The fourth-order valence-corrected chi connectivity index (χ4v) is 4.26. The second-order valence-corrected chi connectivity index (χ2v) is 7.86. The number of piperidine rings is 1. The number of para-hydroxylation sites is 2. The molecule has 0 N–H and O–H groups in total. The molecule has 2 aliphatic rings. The number of likely N-dealkylation sites (tertiary alicyclic amines) is 1. The van der Waals surface area contributed by atoms with Gasteiger partial charge in [0.05, 0.1) is 11.4 Å². The molecule has 0 bridgehead atoms. The molecule has 4 rings (SSSR count). The molecule has 0 atom stereocenters. The van der Waals surface area contributed by atoms with Gasteiger partial charge in [0.2, 0.25) is 0 Å². The maximum atomic E-state index is 6.03. The first kappa shape index (κ1) is 17.7. The minimum absolute atomic E-state index is 0.802. The second kappa shape index (κ2) is 8.32. The highest BCUT2D eigenvalue weighted by Crippen LogP contribution is 2.33. The summed E-state index contributed by atoms with van der Waals surface area (Å²) >= 11 is 6.03. The van der Waals surface area contributed by atoms with E-state index in [0.29, 0.717) is 0 Å². The fourth-order valence-electron chi connectivity index (χ4n) is 4.13. The predicted molar refractivity (Wildman–Crippen MR) is 111 cm³/mol. The highest BCUT2D eigenvalue weighted by atomic mass is 35.5. The molecular weight excluding hydrogens is 342 g/mol. The van der Waals surface area contributed by atoms with Gasteiger partial charge in [-0.3, -0.25) is 0 Å². The third-order valence-corrected chi connectivity index (χ3v) is 5.88. The normalized spacial score (nSPS) is 18.0. The molecule has 0 radical (unpaired) electrons. The van der Waals surface area contributed by atoms with Gasteiger partial charge in [-0.25, -0.2) is 0 Å². The van der Waals surface area contributed by atoms with Crippen molar-refractivity contribution in [1.82, 2.24) is 4.90 Å². The Kier molecular flexibility index (Phi) is 5.66. The maximum Gasteiger partial charge on any atom is 0.0607 e. The minimum atomic E-state index is 0.802. The predicted octanol–water partition coefficient (Wildman–Crippen LogP) is 4.65. The smallest absolute Gasteiger partial charge is 0.0607 e. The molecule has 2 aromatic carbocycles. The van der Waals surface area contributed by atoms with Gasteiger partial charge in [0.25, 0.3) is 0 Å². The Labute approximate surface area is 162 Å². The molecule has 0 aliphatic carbocycles. The molecule has 2 aromatic rings. The summed E-state index contributed by atoms with van der Waals surface area (Å²) in [7, 11) is 0. The van der Waals surface area contributed by atoms with Gasteiger partial charge in [0.1, 0.15) is 0 Å². The van der Waals surface area contributed by atoms with Crippen molar-refractivity contribution < 1.29 is 0 Å². The van der Waals surface area contributed by atoms with Gasteiger partial charge < -0.3 is 14.7 Å². The topological polar surface area (TPSA) is 9.72 Å². The van der Waals surface area contributed by atoms with Crippen LogP contribution in [-0.2, 0) is 6.54 Å². The van der Waals surface area contributed by atoms with Crippen molar-refractivity contribution in [3.05, 3.63) is 59.1 Å². The average Bonchev–Trinajstić information content (AvgIpc) is 2.70. The lowest BCUT2D eigenvalue weighted by molar-refractivity contribution is 0.233. The summed E-state index contributed by atoms with van der Waals surface area (Å²) in [5.41, 5.74) is 4.04. The number of halogens is 1. The van der Waals surface area contributed by atoms with E-state index >= 15 is 0 Å². The van der Waals surface area contributed by atoms with E-state index in [-0.39, 0.29) is 0 Å². The van der Waals surface area contributed by atoms with Crippen molar-refractivity contribution in [2.24, 2.45) is 0 Å². The molecule has 0 amide bonds. The van der Waals surface area contributed by atoms with Crippen molar-refractivity contribution in [2.75, 3.05) is 49.1 Å². The lowest BCUT2D eigenvalue weighted by Gasteiger charge is -2.40. The lowest BCUT2D eigenvalue weighted by atomic mass is 10.1. The summed E-state index contributed by atoms with van der Waals surface area (Å²) in [5, 5.41) is 0.802. The van der Waals surface area contributed by atoms with Crippen molar-refractivity contribution in [2.45, 2.75) is 25.8 Å². The third kappa shape index (κ3) is 4.16. The SMILES string of the molecule is Clc1ccc(CN2CCN(CCN3CCCCC3)c3ccccc32)cc1. The molecule has 2 heterocycles. The van der Waals surface area contributed by atoms with E-state index in [0.717, 1.165) is 31.2 Å². The van der Waals surface area contributed by atoms with Gasteiger partial charge >= 0.3 is 0 Å². The maximum absolute atomic E-state index is 6.03. The number of fused-ring (bicyclic) bond motifs is 1. The number of hydrogen-bond donors (Lipinski definition) is 0. The van der Waals surface area contributed by atoms with E-state index in [9.17, 15) is 0 Å². The Bertz CT molecular complexity index is 710. The summed E-state index contributed by atoms with van der Waals surface area (Å²) in [6.45, 7) is 7.97. The van der Waals surface area contributed by atoms with Crippen molar-refractivity contribution in [3.8, 4) is 0 Å². The van der Waals surface area contributed by atoms with Crippen LogP contribution in [0.2, 0.25) is 5.02 Å². The van der Waals surface area contributed by atoms with Crippen LogP contribution in [0.3, 0.4) is 0 Å². The Morgan fingerprint density at radius 3 is 2.08 bits per heavy atom. The van der Waals surface area contributed by atoms with E-state index in [1.165, 1.54) is 55.8 Å². The molecular formula is C22H28ClN3. The van der Waals surface area contributed by atoms with Crippen LogP contribution in [0.5, 0.6) is 0 Å². The summed E-state index contributed by atoms with van der Waals surface area (Å²) in [6.07, 6.45) is 4.14. The highest BCUT2D eigenvalue weighted by Gasteiger charge is 2.22. The van der Waals surface area contributed by atoms with Crippen LogP contribution < -0.4 is 9.80 Å². The van der Waals surface area contributed by atoms with Gasteiger partial charge in [-0.1, -0.05) is 42.3 Å². The Morgan fingerprint density at radius 1 is 0.692 bits per heavy atom. The van der Waals surface area contributed by atoms with Crippen LogP contribution >= 0.6 is 11.6 Å². The van der Waals surface area contributed by atoms with Crippen LogP contribution in [0.15, 0.2) is 48.5 Å². The zero-order valence-electron chi connectivity index (χ0n) is 15.4. The summed E-state index contributed by atoms with van der Waals surface area (Å²) in [6, 6.07) is 17.1. The molecule has 26 heavy (non-hydrogen) atoms. The molecule has 0 spiro atoms. The van der Waals surface area contributed by atoms with Gasteiger partial charge in [-0.2, -0.15) is 0 Å². The molecule has 0 saturated carbocycles. The van der Waals surface area contributed by atoms with Crippen molar-refractivity contribution in [1.29, 1.82) is 0 Å². The van der Waals surface area contributed by atoms with Gasteiger partial charge in [0, 0.05) is 37.7 Å². The number of anilines is 2. The van der Waals surface area contributed by atoms with Gasteiger partial charge in [-0.05, 0) is 55.8 Å². The Balaban J connectivity index is 1.44. The first-order valence-corrected chi connectivity index (χ1v) is 10.2. The monoisotopic (exact) mass is 369 g/mol. The first-order valence-electron chi connectivity index (χ1n) is 9.85. The lowest BCUT2D eigenvalue weighted by Crippen LogP contribution is -2.44. The van der Waals surface area contributed by atoms with E-state index in [4.69, 9.17) is 11.6 Å². The van der Waals surface area contributed by atoms with E-state index in [1.54, 1.807) is 0 Å². The zero-order chi connectivity index (χ0) is 17.8.